The fourth-order valence-corrected chi connectivity index (χ4v) is 3.13. The first-order chi connectivity index (χ1) is 11.9. The van der Waals surface area contributed by atoms with Crippen LogP contribution in [0, 0.1) is 6.92 Å². The van der Waals surface area contributed by atoms with Gasteiger partial charge in [0.1, 0.15) is 0 Å². The summed E-state index contributed by atoms with van der Waals surface area (Å²) in [6.07, 6.45) is 2.71. The number of aromatic nitrogens is 2. The van der Waals surface area contributed by atoms with Crippen molar-refractivity contribution in [3.63, 3.8) is 0 Å². The lowest BCUT2D eigenvalue weighted by molar-refractivity contribution is -0.123. The molecular weight excluding hydrogens is 342 g/mol. The number of nitrogens with zero attached hydrogens (tertiary/aromatic N) is 1. The number of aromatic amines is 1. The number of ether oxygens (including phenoxy) is 2. The van der Waals surface area contributed by atoms with Crippen LogP contribution in [0.25, 0.3) is 0 Å². The molecule has 0 spiro atoms. The Kier molecular flexibility index (Phi) is 7.67. The van der Waals surface area contributed by atoms with Crippen LogP contribution >= 0.6 is 11.8 Å². The van der Waals surface area contributed by atoms with Gasteiger partial charge in [0, 0.05) is 18.4 Å². The molecule has 1 aliphatic heterocycles. The summed E-state index contributed by atoms with van der Waals surface area (Å²) in [7, 11) is 0. The highest BCUT2D eigenvalue weighted by atomic mass is 32.2. The molecule has 1 aromatic heterocycles. The molecule has 7 nitrogen and oxygen atoms in total. The number of nitrogens with one attached hydrogen (secondary N) is 2. The number of amides is 1. The van der Waals surface area contributed by atoms with Crippen LogP contribution in [0.3, 0.4) is 0 Å². The number of H-pyrrole nitrogens is 1. The Morgan fingerprint density at radius 3 is 3.08 bits per heavy atom. The molecule has 0 aromatic carbocycles. The van der Waals surface area contributed by atoms with E-state index in [1.54, 1.807) is 6.92 Å². The first-order valence-electron chi connectivity index (χ1n) is 8.27. The van der Waals surface area contributed by atoms with E-state index >= 15 is 0 Å². The van der Waals surface area contributed by atoms with E-state index in [0.717, 1.165) is 6.42 Å². The molecule has 1 fully saturated rings. The van der Waals surface area contributed by atoms with Gasteiger partial charge in [0.05, 0.1) is 31.1 Å². The van der Waals surface area contributed by atoms with Crippen molar-refractivity contribution in [3.8, 4) is 0 Å². The molecule has 2 rings (SSSR count). The Morgan fingerprint density at radius 2 is 2.36 bits per heavy atom. The summed E-state index contributed by atoms with van der Waals surface area (Å²) >= 11 is 1.20. The molecule has 1 saturated heterocycles. The van der Waals surface area contributed by atoms with Gasteiger partial charge in [-0.25, -0.2) is 4.98 Å². The van der Waals surface area contributed by atoms with E-state index in [9.17, 15) is 9.59 Å². The van der Waals surface area contributed by atoms with Gasteiger partial charge in [-0.05, 0) is 27.2 Å². The summed E-state index contributed by atoms with van der Waals surface area (Å²) in [6, 6.07) is 1.25. The minimum absolute atomic E-state index is 0.0600. The zero-order chi connectivity index (χ0) is 18.2. The average molecular weight is 367 g/mol. The predicted octanol–water partition coefficient (Wildman–Crippen LogP) is 1.43. The summed E-state index contributed by atoms with van der Waals surface area (Å²) in [5.74, 6) is 0.0318. The van der Waals surface area contributed by atoms with Crippen LogP contribution in [0.15, 0.2) is 27.7 Å². The Hall–Kier alpha value is -1.64. The maximum absolute atomic E-state index is 12.2. The first kappa shape index (κ1) is 19.7. The predicted molar refractivity (Wildman–Crippen MR) is 96.9 cm³/mol. The molecule has 1 amide bonds. The summed E-state index contributed by atoms with van der Waals surface area (Å²) in [5, 5.41) is 3.40. The molecule has 1 aliphatic rings. The van der Waals surface area contributed by atoms with Crippen molar-refractivity contribution in [1.29, 1.82) is 0 Å². The van der Waals surface area contributed by atoms with Crippen LogP contribution in [0.2, 0.25) is 0 Å². The highest BCUT2D eigenvalue weighted by Crippen LogP contribution is 2.14. The lowest BCUT2D eigenvalue weighted by Crippen LogP contribution is -2.51. The van der Waals surface area contributed by atoms with Gasteiger partial charge < -0.3 is 19.8 Å². The fraction of sp³-hybridized carbons (Fsp3) is 0.588. The van der Waals surface area contributed by atoms with Crippen molar-refractivity contribution in [3.05, 3.63) is 33.8 Å². The van der Waals surface area contributed by atoms with E-state index in [0.29, 0.717) is 30.7 Å². The average Bonchev–Trinajstić information content (AvgIpc) is 2.53. The third kappa shape index (κ3) is 7.01. The lowest BCUT2D eigenvalue weighted by Gasteiger charge is -2.31. The smallest absolute Gasteiger partial charge is 0.251 e. The number of rotatable bonds is 7. The maximum atomic E-state index is 12.2. The molecule has 2 atom stereocenters. The topological polar surface area (TPSA) is 93.3 Å². The molecule has 0 bridgehead atoms. The van der Waals surface area contributed by atoms with Crippen LogP contribution in [0.1, 0.15) is 26.0 Å². The fourth-order valence-electron chi connectivity index (χ4n) is 2.39. The Morgan fingerprint density at radius 1 is 1.56 bits per heavy atom. The van der Waals surface area contributed by atoms with Crippen molar-refractivity contribution < 1.29 is 14.3 Å². The minimum Gasteiger partial charge on any atom is -0.379 e. The van der Waals surface area contributed by atoms with Crippen molar-refractivity contribution in [2.24, 2.45) is 0 Å². The van der Waals surface area contributed by atoms with Gasteiger partial charge in [-0.2, -0.15) is 0 Å². The van der Waals surface area contributed by atoms with Crippen LogP contribution in [-0.4, -0.2) is 53.6 Å². The van der Waals surface area contributed by atoms with Gasteiger partial charge in [-0.15, -0.1) is 0 Å². The zero-order valence-electron chi connectivity index (χ0n) is 14.8. The monoisotopic (exact) mass is 367 g/mol. The van der Waals surface area contributed by atoms with Crippen LogP contribution in [0.5, 0.6) is 0 Å². The molecule has 0 unspecified atom stereocenters. The summed E-state index contributed by atoms with van der Waals surface area (Å²) in [4.78, 5) is 30.4. The van der Waals surface area contributed by atoms with E-state index in [-0.39, 0.29) is 29.4 Å². The Balaban J connectivity index is 1.84. The van der Waals surface area contributed by atoms with Crippen molar-refractivity contribution in [1.82, 2.24) is 15.3 Å². The molecule has 0 radical (unpaired) electrons. The third-order valence-corrected chi connectivity index (χ3v) is 4.50. The molecule has 138 valence electrons. The van der Waals surface area contributed by atoms with E-state index in [1.807, 2.05) is 19.9 Å². The normalized spacial score (nSPS) is 20.1. The van der Waals surface area contributed by atoms with Gasteiger partial charge in [-0.1, -0.05) is 23.4 Å². The minimum atomic E-state index is -0.219. The second-order valence-electron chi connectivity index (χ2n) is 6.17. The number of carbonyl (C=O) groups is 1. The van der Waals surface area contributed by atoms with Crippen molar-refractivity contribution in [2.75, 3.05) is 25.6 Å². The molecule has 25 heavy (non-hydrogen) atoms. The molecule has 8 heteroatoms. The maximum Gasteiger partial charge on any atom is 0.251 e. The van der Waals surface area contributed by atoms with Gasteiger partial charge in [-0.3, -0.25) is 9.59 Å². The number of hydrogen-bond donors (Lipinski definition) is 2. The molecule has 0 aliphatic carbocycles. The quantitative estimate of drug-likeness (QED) is 0.430. The highest BCUT2D eigenvalue weighted by Gasteiger charge is 2.27. The Labute approximate surface area is 151 Å². The number of carbonyl (C=O) groups excluding carboxylic acids is 1. The zero-order valence-corrected chi connectivity index (χ0v) is 15.6. The summed E-state index contributed by atoms with van der Waals surface area (Å²) < 4.78 is 11.3. The molecular formula is C17H25N3O4S. The summed E-state index contributed by atoms with van der Waals surface area (Å²) in [5.41, 5.74) is 1.60. The number of thioether (sulfide) groups is 1. The molecule has 2 heterocycles. The van der Waals surface area contributed by atoms with E-state index in [1.165, 1.54) is 23.4 Å². The largest absolute Gasteiger partial charge is 0.379 e. The molecule has 1 aromatic rings. The van der Waals surface area contributed by atoms with E-state index in [4.69, 9.17) is 9.47 Å². The first-order valence-corrected chi connectivity index (χ1v) is 9.25. The SMILES string of the molecule is CC(C)=CCO[C@@H]1CCOC[C@@H]1NC(=O)CSc1nc(C)cc(=O)[nH]1. The van der Waals surface area contributed by atoms with E-state index < -0.39 is 0 Å². The lowest BCUT2D eigenvalue weighted by atomic mass is 10.1. The van der Waals surface area contributed by atoms with Gasteiger partial charge >= 0.3 is 0 Å². The van der Waals surface area contributed by atoms with Gasteiger partial charge in [0.25, 0.3) is 5.56 Å². The summed E-state index contributed by atoms with van der Waals surface area (Å²) in [6.45, 7) is 7.39. The molecule has 2 N–H and O–H groups in total. The van der Waals surface area contributed by atoms with Crippen LogP contribution in [-0.2, 0) is 14.3 Å². The van der Waals surface area contributed by atoms with Gasteiger partial charge in [0.15, 0.2) is 5.16 Å². The molecule has 0 saturated carbocycles. The van der Waals surface area contributed by atoms with Crippen LogP contribution in [0.4, 0.5) is 0 Å². The Bertz CT molecular complexity index is 670. The van der Waals surface area contributed by atoms with Crippen molar-refractivity contribution in [2.45, 2.75) is 44.5 Å². The number of allylic oxidation sites excluding steroid dienone is 1. The van der Waals surface area contributed by atoms with Gasteiger partial charge in [0.2, 0.25) is 5.91 Å². The highest BCUT2D eigenvalue weighted by molar-refractivity contribution is 7.99. The standard InChI is InChI=1S/C17H25N3O4S/c1-11(2)4-7-24-14-5-6-23-9-13(14)19-16(22)10-25-17-18-12(3)8-15(21)20-17/h4,8,13-14H,5-7,9-10H2,1-3H3,(H,19,22)(H,18,20,21)/t13-,14+/m0/s1. The number of aryl methyl sites for hydroxylation is 1. The van der Waals surface area contributed by atoms with E-state index in [2.05, 4.69) is 15.3 Å². The van der Waals surface area contributed by atoms with Crippen LogP contribution < -0.4 is 10.9 Å². The second-order valence-corrected chi connectivity index (χ2v) is 7.14. The number of hydrogen-bond acceptors (Lipinski definition) is 6. The van der Waals surface area contributed by atoms with Crippen molar-refractivity contribution >= 4 is 17.7 Å². The third-order valence-electron chi connectivity index (χ3n) is 3.63. The second kappa shape index (κ2) is 9.74.